The number of halogens is 4. The molecule has 0 radical (unpaired) electrons. The molecule has 0 spiro atoms. The molecule has 0 saturated carbocycles. The number of rotatable bonds is 0. The van der Waals surface area contributed by atoms with E-state index < -0.39 is 0 Å². The fraction of sp³-hybridized carbons (Fsp3) is 1.00. The average Bonchev–Trinajstić information content (AvgIpc) is 2.30. The Labute approximate surface area is 161 Å². The monoisotopic (exact) mass is 400 g/mol. The lowest BCUT2D eigenvalue weighted by Gasteiger charge is -2.32. The summed E-state index contributed by atoms with van der Waals surface area (Å²) >= 11 is 0. The lowest BCUT2D eigenvalue weighted by atomic mass is 9.95. The van der Waals surface area contributed by atoms with Crippen molar-refractivity contribution in [2.75, 3.05) is 40.3 Å². The minimum atomic E-state index is 0. The molecule has 4 nitrogen and oxygen atoms in total. The van der Waals surface area contributed by atoms with Crippen molar-refractivity contribution in [2.24, 2.45) is 23.3 Å². The van der Waals surface area contributed by atoms with E-state index in [2.05, 4.69) is 37.7 Å². The summed E-state index contributed by atoms with van der Waals surface area (Å²) in [5, 5.41) is 0. The van der Waals surface area contributed by atoms with Crippen LogP contribution in [0.5, 0.6) is 0 Å². The predicted octanol–water partition coefficient (Wildman–Crippen LogP) is 2.26. The van der Waals surface area contributed by atoms with Gasteiger partial charge >= 0.3 is 0 Å². The van der Waals surface area contributed by atoms with Gasteiger partial charge in [-0.3, -0.25) is 0 Å². The number of nitrogens with zero attached hydrogens (tertiary/aromatic N) is 2. The highest BCUT2D eigenvalue weighted by Crippen LogP contribution is 2.12. The van der Waals surface area contributed by atoms with Crippen LogP contribution in [0.25, 0.3) is 0 Å². The van der Waals surface area contributed by atoms with Gasteiger partial charge in [-0.05, 0) is 51.9 Å². The quantitative estimate of drug-likeness (QED) is 0.653. The minimum absolute atomic E-state index is 0. The minimum Gasteiger partial charge on any atom is -0.327 e. The second-order valence-electron chi connectivity index (χ2n) is 6.38. The topological polar surface area (TPSA) is 58.5 Å². The standard InChI is InChI=1S/2C7H16N2.4ClH/c2*1-6-5-9(2)4-3-7(6)8;;;;/h2*6-7H,3-5,8H2,1-2H3;4*1H/t2*6-,7+;;;;/m10..../s1. The normalized spacial score (nSPS) is 31.9. The van der Waals surface area contributed by atoms with Crippen LogP contribution in [0.4, 0.5) is 0 Å². The third-order valence-electron chi connectivity index (χ3n) is 4.35. The maximum atomic E-state index is 5.81. The molecule has 2 rings (SSSR count). The van der Waals surface area contributed by atoms with Gasteiger partial charge in [0, 0.05) is 25.2 Å². The lowest BCUT2D eigenvalue weighted by molar-refractivity contribution is 0.197. The Balaban J connectivity index is -0.000000125. The second kappa shape index (κ2) is 15.5. The Kier molecular flexibility index (Phi) is 21.8. The van der Waals surface area contributed by atoms with E-state index in [1.165, 1.54) is 26.2 Å². The zero-order valence-corrected chi connectivity index (χ0v) is 17.5. The van der Waals surface area contributed by atoms with Crippen molar-refractivity contribution in [2.45, 2.75) is 38.8 Å². The van der Waals surface area contributed by atoms with Gasteiger partial charge in [0.15, 0.2) is 0 Å². The van der Waals surface area contributed by atoms with Gasteiger partial charge in [0.1, 0.15) is 0 Å². The van der Waals surface area contributed by atoms with Crippen LogP contribution in [0.1, 0.15) is 26.7 Å². The number of hydrogen-bond donors (Lipinski definition) is 2. The Morgan fingerprint density at radius 3 is 1.14 bits per heavy atom. The van der Waals surface area contributed by atoms with Gasteiger partial charge in [0.2, 0.25) is 0 Å². The molecule has 0 aliphatic carbocycles. The van der Waals surface area contributed by atoms with Gasteiger partial charge in [-0.15, -0.1) is 49.6 Å². The smallest absolute Gasteiger partial charge is 0.00888 e. The molecule has 140 valence electrons. The van der Waals surface area contributed by atoms with Gasteiger partial charge in [0.25, 0.3) is 0 Å². The molecule has 0 bridgehead atoms. The van der Waals surface area contributed by atoms with Crippen LogP contribution in [0.15, 0.2) is 0 Å². The van der Waals surface area contributed by atoms with E-state index in [1.807, 2.05) is 0 Å². The summed E-state index contributed by atoms with van der Waals surface area (Å²) in [6.07, 6.45) is 2.33. The van der Waals surface area contributed by atoms with Crippen molar-refractivity contribution in [3.8, 4) is 0 Å². The first-order valence-electron chi connectivity index (χ1n) is 7.28. The van der Waals surface area contributed by atoms with Crippen molar-refractivity contribution >= 4 is 49.6 Å². The third kappa shape index (κ3) is 11.5. The first kappa shape index (κ1) is 30.8. The molecule has 4 N–H and O–H groups in total. The third-order valence-corrected chi connectivity index (χ3v) is 4.35. The molecule has 8 heteroatoms. The number of piperidine rings is 2. The zero-order chi connectivity index (χ0) is 13.7. The Morgan fingerprint density at radius 2 is 0.955 bits per heavy atom. The summed E-state index contributed by atoms with van der Waals surface area (Å²) in [5.74, 6) is 1.37. The van der Waals surface area contributed by atoms with E-state index in [-0.39, 0.29) is 49.6 Å². The molecule has 2 saturated heterocycles. The molecule has 0 aromatic carbocycles. The zero-order valence-electron chi connectivity index (χ0n) is 14.2. The van der Waals surface area contributed by atoms with Crippen molar-refractivity contribution in [3.05, 3.63) is 0 Å². The average molecular weight is 402 g/mol. The number of likely N-dealkylation sites (tertiary alicyclic amines) is 2. The molecule has 2 fully saturated rings. The molecule has 2 aliphatic rings. The fourth-order valence-electron chi connectivity index (χ4n) is 2.74. The Bertz CT molecular complexity index is 225. The molecule has 0 amide bonds. The Hall–Kier alpha value is 1.00. The summed E-state index contributed by atoms with van der Waals surface area (Å²) in [7, 11) is 4.31. The van der Waals surface area contributed by atoms with E-state index in [1.54, 1.807) is 0 Å². The van der Waals surface area contributed by atoms with Gasteiger partial charge in [0.05, 0.1) is 0 Å². The number of hydrogen-bond acceptors (Lipinski definition) is 4. The van der Waals surface area contributed by atoms with Crippen molar-refractivity contribution < 1.29 is 0 Å². The summed E-state index contributed by atoms with van der Waals surface area (Å²) in [6, 6.07) is 0.891. The molecule has 0 unspecified atom stereocenters. The highest BCUT2D eigenvalue weighted by molar-refractivity contribution is 5.86. The predicted molar refractivity (Wildman–Crippen MR) is 107 cm³/mol. The van der Waals surface area contributed by atoms with Gasteiger partial charge < -0.3 is 21.3 Å². The van der Waals surface area contributed by atoms with Gasteiger partial charge in [-0.1, -0.05) is 13.8 Å². The summed E-state index contributed by atoms with van der Waals surface area (Å²) < 4.78 is 0. The highest BCUT2D eigenvalue weighted by Gasteiger charge is 2.20. The maximum absolute atomic E-state index is 5.81. The fourth-order valence-corrected chi connectivity index (χ4v) is 2.74. The van der Waals surface area contributed by atoms with E-state index in [0.717, 1.165) is 12.8 Å². The van der Waals surface area contributed by atoms with E-state index in [9.17, 15) is 0 Å². The SMILES string of the molecule is C[C@@H]1CN(C)CC[C@@H]1N.C[C@H]1CN(C)CC[C@H]1N.Cl.Cl.Cl.Cl. The van der Waals surface area contributed by atoms with E-state index >= 15 is 0 Å². The second-order valence-corrected chi connectivity index (χ2v) is 6.38. The van der Waals surface area contributed by atoms with Gasteiger partial charge in [-0.25, -0.2) is 0 Å². The molecule has 0 aromatic heterocycles. The molecular weight excluding hydrogens is 366 g/mol. The van der Waals surface area contributed by atoms with Crippen LogP contribution in [0.3, 0.4) is 0 Å². The molecular formula is C14H36Cl4N4. The van der Waals surface area contributed by atoms with E-state index in [4.69, 9.17) is 11.5 Å². The van der Waals surface area contributed by atoms with Crippen molar-refractivity contribution in [1.82, 2.24) is 9.80 Å². The molecule has 0 aromatic rings. The van der Waals surface area contributed by atoms with Crippen LogP contribution in [-0.2, 0) is 0 Å². The summed E-state index contributed by atoms with van der Waals surface area (Å²) in [5.41, 5.74) is 11.6. The summed E-state index contributed by atoms with van der Waals surface area (Å²) in [6.45, 7) is 9.12. The van der Waals surface area contributed by atoms with Crippen molar-refractivity contribution in [1.29, 1.82) is 0 Å². The first-order chi connectivity index (χ1) is 8.40. The highest BCUT2D eigenvalue weighted by atomic mass is 35.5. The maximum Gasteiger partial charge on any atom is 0.00888 e. The molecule has 2 aliphatic heterocycles. The van der Waals surface area contributed by atoms with Crippen LogP contribution < -0.4 is 11.5 Å². The Morgan fingerprint density at radius 1 is 0.682 bits per heavy atom. The molecule has 2 heterocycles. The van der Waals surface area contributed by atoms with Crippen LogP contribution >= 0.6 is 49.6 Å². The summed E-state index contributed by atoms with van der Waals surface area (Å²) in [4.78, 5) is 4.68. The molecule has 22 heavy (non-hydrogen) atoms. The molecule has 4 atom stereocenters. The number of nitrogens with two attached hydrogens (primary N) is 2. The first-order valence-corrected chi connectivity index (χ1v) is 7.28. The van der Waals surface area contributed by atoms with Crippen LogP contribution in [-0.4, -0.2) is 62.2 Å². The van der Waals surface area contributed by atoms with Gasteiger partial charge in [-0.2, -0.15) is 0 Å². The lowest BCUT2D eigenvalue weighted by Crippen LogP contribution is -2.44. The van der Waals surface area contributed by atoms with Crippen LogP contribution in [0.2, 0.25) is 0 Å². The van der Waals surface area contributed by atoms with Crippen LogP contribution in [0, 0.1) is 11.8 Å². The largest absolute Gasteiger partial charge is 0.327 e. The van der Waals surface area contributed by atoms with E-state index in [0.29, 0.717) is 23.9 Å². The van der Waals surface area contributed by atoms with Crippen molar-refractivity contribution in [3.63, 3.8) is 0 Å².